The van der Waals surface area contributed by atoms with Crippen molar-refractivity contribution in [1.82, 2.24) is 14.7 Å². The van der Waals surface area contributed by atoms with Gasteiger partial charge < -0.3 is 19.3 Å². The molecule has 45 heavy (non-hydrogen) atoms. The Kier molecular flexibility index (Phi) is 12.7. The molecular weight excluding hydrogens is 579 g/mol. The Hall–Kier alpha value is -2.91. The molecule has 6 nitrogen and oxygen atoms in total. The lowest BCUT2D eigenvalue weighted by Crippen LogP contribution is -2.47. The average Bonchev–Trinajstić information content (AvgIpc) is 3.15. The SMILES string of the molecule is CC(C)(C)OC(=O)N1CCC(CC=O)CC1.CN1CCCN(C(c2ccccc2)c2ccc(C(F)(F)F)cc2)CC1C(C)(C)C. The van der Waals surface area contributed by atoms with Crippen LogP contribution in [0.5, 0.6) is 0 Å². The average molecular weight is 632 g/mol. The fourth-order valence-corrected chi connectivity index (χ4v) is 6.22. The molecule has 0 aromatic heterocycles. The molecule has 2 aromatic rings. The van der Waals surface area contributed by atoms with E-state index in [9.17, 15) is 22.8 Å². The highest BCUT2D eigenvalue weighted by atomic mass is 19.4. The first kappa shape index (κ1) is 36.6. The minimum Gasteiger partial charge on any atom is -0.444 e. The van der Waals surface area contributed by atoms with Crippen molar-refractivity contribution < 1.29 is 27.5 Å². The molecule has 0 radical (unpaired) electrons. The van der Waals surface area contributed by atoms with Gasteiger partial charge in [-0.3, -0.25) is 4.90 Å². The minimum atomic E-state index is -4.32. The second-order valence-corrected chi connectivity index (χ2v) is 14.5. The molecule has 250 valence electrons. The number of aldehydes is 1. The Morgan fingerprint density at radius 2 is 1.47 bits per heavy atom. The van der Waals surface area contributed by atoms with Gasteiger partial charge in [0.2, 0.25) is 0 Å². The molecule has 2 atom stereocenters. The monoisotopic (exact) mass is 631 g/mol. The molecule has 2 unspecified atom stereocenters. The summed E-state index contributed by atoms with van der Waals surface area (Å²) in [5, 5.41) is 0. The zero-order valence-electron chi connectivity index (χ0n) is 28.1. The van der Waals surface area contributed by atoms with E-state index < -0.39 is 17.3 Å². The molecule has 2 fully saturated rings. The molecule has 0 bridgehead atoms. The third-order valence-corrected chi connectivity index (χ3v) is 8.63. The van der Waals surface area contributed by atoms with Crippen molar-refractivity contribution in [2.75, 3.05) is 39.8 Å². The molecule has 9 heteroatoms. The smallest absolute Gasteiger partial charge is 0.416 e. The first-order chi connectivity index (χ1) is 21.0. The zero-order chi connectivity index (χ0) is 33.4. The number of carbonyl (C=O) groups excluding carboxylic acids is 2. The molecule has 0 saturated carbocycles. The van der Waals surface area contributed by atoms with E-state index >= 15 is 0 Å². The van der Waals surface area contributed by atoms with Crippen molar-refractivity contribution in [2.24, 2.45) is 11.3 Å². The topological polar surface area (TPSA) is 53.1 Å². The maximum absolute atomic E-state index is 13.1. The highest BCUT2D eigenvalue weighted by Gasteiger charge is 2.36. The number of likely N-dealkylation sites (N-methyl/N-ethyl adjacent to an activating group) is 1. The molecule has 0 spiro atoms. The largest absolute Gasteiger partial charge is 0.444 e. The number of likely N-dealkylation sites (tertiary alicyclic amines) is 1. The second-order valence-electron chi connectivity index (χ2n) is 14.5. The van der Waals surface area contributed by atoms with E-state index in [0.717, 1.165) is 56.3 Å². The van der Waals surface area contributed by atoms with Crippen LogP contribution < -0.4 is 0 Å². The fraction of sp³-hybridized carbons (Fsp3) is 0.611. The van der Waals surface area contributed by atoms with Crippen LogP contribution in [0, 0.1) is 11.3 Å². The molecule has 4 rings (SSSR count). The van der Waals surface area contributed by atoms with Crippen molar-refractivity contribution >= 4 is 12.4 Å². The Bertz CT molecular complexity index is 1200. The van der Waals surface area contributed by atoms with Gasteiger partial charge >= 0.3 is 12.3 Å². The summed E-state index contributed by atoms with van der Waals surface area (Å²) >= 11 is 0. The van der Waals surface area contributed by atoms with Gasteiger partial charge in [-0.15, -0.1) is 0 Å². The predicted octanol–water partition coefficient (Wildman–Crippen LogP) is 8.07. The van der Waals surface area contributed by atoms with Crippen molar-refractivity contribution in [2.45, 2.75) is 91.1 Å². The van der Waals surface area contributed by atoms with Gasteiger partial charge in [-0.05, 0) is 88.2 Å². The number of benzene rings is 2. The fourth-order valence-electron chi connectivity index (χ4n) is 6.22. The van der Waals surface area contributed by atoms with E-state index in [4.69, 9.17) is 4.74 Å². The number of nitrogens with zero attached hydrogens (tertiary/aromatic N) is 3. The van der Waals surface area contributed by atoms with Crippen LogP contribution in [0.15, 0.2) is 54.6 Å². The van der Waals surface area contributed by atoms with E-state index in [0.29, 0.717) is 31.5 Å². The first-order valence-electron chi connectivity index (χ1n) is 16.1. The zero-order valence-corrected chi connectivity index (χ0v) is 28.1. The van der Waals surface area contributed by atoms with Crippen molar-refractivity contribution in [3.8, 4) is 0 Å². The number of rotatable bonds is 5. The number of hydrogen-bond donors (Lipinski definition) is 0. The molecule has 0 aliphatic carbocycles. The second kappa shape index (κ2) is 15.6. The molecule has 2 aromatic carbocycles. The quantitative estimate of drug-likeness (QED) is 0.313. The number of piperidine rings is 1. The van der Waals surface area contributed by atoms with E-state index in [2.05, 4.69) is 49.8 Å². The number of hydrogen-bond acceptors (Lipinski definition) is 5. The molecular formula is C36H52F3N3O3. The summed E-state index contributed by atoms with van der Waals surface area (Å²) in [5.74, 6) is 0.441. The van der Waals surface area contributed by atoms with Crippen molar-refractivity contribution in [1.29, 1.82) is 0 Å². The molecule has 2 saturated heterocycles. The van der Waals surface area contributed by atoms with Crippen LogP contribution in [0.25, 0.3) is 0 Å². The van der Waals surface area contributed by atoms with Crippen molar-refractivity contribution in [3.63, 3.8) is 0 Å². The van der Waals surface area contributed by atoms with E-state index in [1.807, 2.05) is 39.0 Å². The van der Waals surface area contributed by atoms with Gasteiger partial charge in [0.1, 0.15) is 11.9 Å². The van der Waals surface area contributed by atoms with E-state index in [1.165, 1.54) is 12.1 Å². The molecule has 2 aliphatic heterocycles. The normalized spacial score (nSPS) is 20.0. The minimum absolute atomic E-state index is 0.0603. The van der Waals surface area contributed by atoms with Gasteiger partial charge in [0.15, 0.2) is 0 Å². The number of halogens is 3. The van der Waals surface area contributed by atoms with Crippen LogP contribution in [-0.4, -0.2) is 78.5 Å². The Balaban J connectivity index is 0.000000292. The summed E-state index contributed by atoms with van der Waals surface area (Å²) < 4.78 is 44.5. The lowest BCUT2D eigenvalue weighted by Gasteiger charge is -2.41. The summed E-state index contributed by atoms with van der Waals surface area (Å²) in [6.07, 6.45) is -0.139. The van der Waals surface area contributed by atoms with E-state index in [-0.39, 0.29) is 17.6 Å². The predicted molar refractivity (Wildman–Crippen MR) is 173 cm³/mol. The van der Waals surface area contributed by atoms with Gasteiger partial charge in [-0.2, -0.15) is 13.2 Å². The molecule has 0 N–H and O–H groups in total. The van der Waals surface area contributed by atoms with Crippen LogP contribution in [-0.2, 0) is 15.7 Å². The highest BCUT2D eigenvalue weighted by molar-refractivity contribution is 5.68. The summed E-state index contributed by atoms with van der Waals surface area (Å²) in [6, 6.07) is 16.1. The first-order valence-corrected chi connectivity index (χ1v) is 16.1. The number of carbonyl (C=O) groups is 2. The lowest BCUT2D eigenvalue weighted by atomic mass is 9.85. The number of ether oxygens (including phenoxy) is 1. The van der Waals surface area contributed by atoms with Gasteiger partial charge in [0, 0.05) is 38.6 Å². The summed E-state index contributed by atoms with van der Waals surface area (Å²) in [4.78, 5) is 28.7. The van der Waals surface area contributed by atoms with Crippen LogP contribution in [0.4, 0.5) is 18.0 Å². The third-order valence-electron chi connectivity index (χ3n) is 8.63. The highest BCUT2D eigenvalue weighted by Crippen LogP contribution is 2.36. The Morgan fingerprint density at radius 3 is 1.98 bits per heavy atom. The molecule has 2 aliphatic rings. The van der Waals surface area contributed by atoms with Gasteiger partial charge in [0.05, 0.1) is 11.6 Å². The van der Waals surface area contributed by atoms with Gasteiger partial charge in [-0.1, -0.05) is 63.2 Å². The summed E-state index contributed by atoms with van der Waals surface area (Å²) in [5.41, 5.74) is 1.09. The van der Waals surface area contributed by atoms with Gasteiger partial charge in [-0.25, -0.2) is 4.79 Å². The van der Waals surface area contributed by atoms with Crippen LogP contribution in [0.1, 0.15) is 90.0 Å². The summed E-state index contributed by atoms with van der Waals surface area (Å²) in [7, 11) is 2.18. The summed E-state index contributed by atoms with van der Waals surface area (Å²) in [6.45, 7) is 16.6. The van der Waals surface area contributed by atoms with Gasteiger partial charge in [0.25, 0.3) is 0 Å². The van der Waals surface area contributed by atoms with Crippen LogP contribution in [0.2, 0.25) is 0 Å². The Labute approximate surface area is 267 Å². The van der Waals surface area contributed by atoms with Crippen LogP contribution in [0.3, 0.4) is 0 Å². The standard InChI is InChI=1S/C24H31F3N2.C12H21NO3/c1-23(2,3)21-17-29(16-8-15-28(21)4)22(18-9-6-5-7-10-18)19-11-13-20(14-12-19)24(25,26)27;1-12(2,3)16-11(15)13-7-4-10(5-8-13)6-9-14/h5-7,9-14,21-22H,8,15-17H2,1-4H3;9-10H,4-8H2,1-3H3. The molecule has 1 amide bonds. The lowest BCUT2D eigenvalue weighted by molar-refractivity contribution is -0.137. The number of amides is 1. The number of alkyl halides is 3. The maximum Gasteiger partial charge on any atom is 0.416 e. The van der Waals surface area contributed by atoms with E-state index in [1.54, 1.807) is 17.0 Å². The Morgan fingerprint density at radius 1 is 0.889 bits per heavy atom. The van der Waals surface area contributed by atoms with Crippen molar-refractivity contribution in [3.05, 3.63) is 71.3 Å². The van der Waals surface area contributed by atoms with Crippen LogP contribution >= 0.6 is 0 Å². The third kappa shape index (κ3) is 11.1. The maximum atomic E-state index is 13.1. The molecule has 2 heterocycles.